The molecule has 0 spiro atoms. The van der Waals surface area contributed by atoms with Crippen LogP contribution in [0.2, 0.25) is 5.02 Å². The van der Waals surface area contributed by atoms with E-state index in [1.165, 1.54) is 0 Å². The summed E-state index contributed by atoms with van der Waals surface area (Å²) >= 11 is 6.06. The van der Waals surface area contributed by atoms with Crippen molar-refractivity contribution in [2.75, 3.05) is 5.32 Å². The Labute approximate surface area is 174 Å². The van der Waals surface area contributed by atoms with Crippen LogP contribution < -0.4 is 5.32 Å². The number of hydrogen-bond donors (Lipinski definition) is 1. The number of carbonyl (C=O) groups excluding carboxylic acids is 1. The van der Waals surface area contributed by atoms with Gasteiger partial charge in [-0.2, -0.15) is 0 Å². The van der Waals surface area contributed by atoms with E-state index in [4.69, 9.17) is 11.6 Å². The zero-order chi connectivity index (χ0) is 21.0. The summed E-state index contributed by atoms with van der Waals surface area (Å²) < 4.78 is 25.5. The third-order valence-electron chi connectivity index (χ3n) is 4.44. The molecular weight excluding hydrogens is 410 g/mol. The van der Waals surface area contributed by atoms with Gasteiger partial charge in [0, 0.05) is 5.69 Å². The van der Waals surface area contributed by atoms with E-state index in [1.54, 1.807) is 24.3 Å². The van der Waals surface area contributed by atoms with Crippen LogP contribution in [0.15, 0.2) is 59.9 Å². The van der Waals surface area contributed by atoms with Crippen molar-refractivity contribution in [3.8, 4) is 0 Å². The Bertz CT molecular complexity index is 1150. The van der Waals surface area contributed by atoms with E-state index < -0.39 is 20.9 Å². The molecule has 29 heavy (non-hydrogen) atoms. The number of halogens is 1. The minimum atomic E-state index is -3.85. The van der Waals surface area contributed by atoms with E-state index >= 15 is 0 Å². The predicted octanol–water partition coefficient (Wildman–Crippen LogP) is 4.23. The van der Waals surface area contributed by atoms with E-state index in [1.807, 2.05) is 38.1 Å². The van der Waals surface area contributed by atoms with Gasteiger partial charge < -0.3 is 5.32 Å². The fraction of sp³-hybridized carbons (Fsp3) is 0.190. The summed E-state index contributed by atoms with van der Waals surface area (Å²) in [5.41, 5.74) is 3.00. The number of rotatable bonds is 6. The van der Waals surface area contributed by atoms with Crippen LogP contribution in [0.4, 0.5) is 5.69 Å². The van der Waals surface area contributed by atoms with Crippen LogP contribution in [0.25, 0.3) is 0 Å². The molecule has 0 unspecified atom stereocenters. The van der Waals surface area contributed by atoms with Crippen molar-refractivity contribution < 1.29 is 13.2 Å². The highest BCUT2D eigenvalue weighted by Crippen LogP contribution is 2.20. The maximum atomic E-state index is 12.8. The second-order valence-electron chi connectivity index (χ2n) is 6.54. The maximum absolute atomic E-state index is 12.8. The molecule has 2 aromatic carbocycles. The Hall–Kier alpha value is -2.77. The number of aromatic nitrogens is 2. The second kappa shape index (κ2) is 8.71. The van der Waals surface area contributed by atoms with Crippen LogP contribution in [-0.4, -0.2) is 24.3 Å². The number of benzene rings is 2. The van der Waals surface area contributed by atoms with Crippen molar-refractivity contribution in [1.82, 2.24) is 9.97 Å². The molecule has 6 nitrogen and oxygen atoms in total. The van der Waals surface area contributed by atoms with Crippen LogP contribution in [0.1, 0.15) is 34.1 Å². The van der Waals surface area contributed by atoms with Gasteiger partial charge in [0.2, 0.25) is 15.0 Å². The van der Waals surface area contributed by atoms with Gasteiger partial charge in [0.05, 0.1) is 17.0 Å². The first-order chi connectivity index (χ1) is 13.8. The average Bonchev–Trinajstić information content (AvgIpc) is 2.70. The van der Waals surface area contributed by atoms with Crippen LogP contribution >= 0.6 is 11.6 Å². The van der Waals surface area contributed by atoms with Crippen LogP contribution in [0.5, 0.6) is 0 Å². The summed E-state index contributed by atoms with van der Waals surface area (Å²) in [6.07, 6.45) is 2.02. The van der Waals surface area contributed by atoms with Crippen molar-refractivity contribution in [3.05, 3.63) is 82.1 Å². The molecule has 0 aliphatic heterocycles. The van der Waals surface area contributed by atoms with Crippen LogP contribution in [0.3, 0.4) is 0 Å². The molecule has 150 valence electrons. The summed E-state index contributed by atoms with van der Waals surface area (Å²) in [6, 6.07) is 14.5. The number of amides is 1. The Balaban J connectivity index is 1.86. The molecule has 8 heteroatoms. The number of aryl methyl sites for hydroxylation is 2. The van der Waals surface area contributed by atoms with Crippen LogP contribution in [-0.2, 0) is 22.0 Å². The van der Waals surface area contributed by atoms with Gasteiger partial charge in [0.25, 0.3) is 5.91 Å². The van der Waals surface area contributed by atoms with Gasteiger partial charge in [-0.25, -0.2) is 18.4 Å². The molecule has 1 amide bonds. The van der Waals surface area contributed by atoms with Gasteiger partial charge >= 0.3 is 0 Å². The van der Waals surface area contributed by atoms with E-state index in [9.17, 15) is 13.2 Å². The Morgan fingerprint density at radius 2 is 1.79 bits per heavy atom. The molecule has 3 rings (SSSR count). The fourth-order valence-corrected chi connectivity index (χ4v) is 4.20. The SMILES string of the molecule is CCc1ccc(NC(=O)c2nc(S(=O)(=O)Cc3ccccc3C)ncc2Cl)cc1. The van der Waals surface area contributed by atoms with E-state index in [0.717, 1.165) is 23.7 Å². The molecule has 0 bridgehead atoms. The largest absolute Gasteiger partial charge is 0.321 e. The Morgan fingerprint density at radius 3 is 2.45 bits per heavy atom. The highest BCUT2D eigenvalue weighted by Gasteiger charge is 2.23. The lowest BCUT2D eigenvalue weighted by molar-refractivity contribution is 0.102. The normalized spacial score (nSPS) is 11.3. The fourth-order valence-electron chi connectivity index (χ4n) is 2.72. The summed E-state index contributed by atoms with van der Waals surface area (Å²) in [7, 11) is -3.85. The first-order valence-corrected chi connectivity index (χ1v) is 11.0. The topological polar surface area (TPSA) is 89.0 Å². The molecule has 0 radical (unpaired) electrons. The molecule has 1 heterocycles. The molecule has 0 saturated carbocycles. The minimum Gasteiger partial charge on any atom is -0.321 e. The van der Waals surface area contributed by atoms with Gasteiger partial charge in [-0.15, -0.1) is 0 Å². The lowest BCUT2D eigenvalue weighted by atomic mass is 10.1. The zero-order valence-corrected chi connectivity index (χ0v) is 17.6. The summed E-state index contributed by atoms with van der Waals surface area (Å²) in [5.74, 6) is -0.866. The molecular formula is C21H20ClN3O3S. The molecule has 0 fully saturated rings. The van der Waals surface area contributed by atoms with Crippen molar-refractivity contribution in [1.29, 1.82) is 0 Å². The summed E-state index contributed by atoms with van der Waals surface area (Å²) in [4.78, 5) is 20.4. The third-order valence-corrected chi connectivity index (χ3v) is 6.16. The third kappa shape index (κ3) is 4.99. The monoisotopic (exact) mass is 429 g/mol. The standard InChI is InChI=1S/C21H20ClN3O3S/c1-3-15-8-10-17(11-9-15)24-20(26)19-18(22)12-23-21(25-19)29(27,28)13-16-7-5-4-6-14(16)2/h4-12H,3,13H2,1-2H3,(H,24,26). The van der Waals surface area contributed by atoms with Gasteiger partial charge in [-0.1, -0.05) is 54.9 Å². The predicted molar refractivity (Wildman–Crippen MR) is 113 cm³/mol. The molecule has 0 saturated heterocycles. The molecule has 1 N–H and O–H groups in total. The quantitative estimate of drug-likeness (QED) is 0.592. The van der Waals surface area contributed by atoms with Crippen LogP contribution in [0, 0.1) is 6.92 Å². The second-order valence-corrected chi connectivity index (χ2v) is 8.83. The maximum Gasteiger partial charge on any atom is 0.275 e. The van der Waals surface area contributed by atoms with Gasteiger partial charge in [0.1, 0.15) is 0 Å². The van der Waals surface area contributed by atoms with Gasteiger partial charge in [0.15, 0.2) is 5.69 Å². The first-order valence-electron chi connectivity index (χ1n) is 9.00. The molecule has 3 aromatic rings. The van der Waals surface area contributed by atoms with Crippen molar-refractivity contribution in [2.24, 2.45) is 0 Å². The van der Waals surface area contributed by atoms with Crippen molar-refractivity contribution >= 4 is 33.0 Å². The lowest BCUT2D eigenvalue weighted by Crippen LogP contribution is -2.18. The summed E-state index contributed by atoms with van der Waals surface area (Å²) in [5, 5.41) is 2.22. The average molecular weight is 430 g/mol. The van der Waals surface area contributed by atoms with E-state index in [2.05, 4.69) is 15.3 Å². The van der Waals surface area contributed by atoms with Crippen molar-refractivity contribution in [3.63, 3.8) is 0 Å². The number of anilines is 1. The molecule has 0 atom stereocenters. The minimum absolute atomic E-state index is 0.0254. The van der Waals surface area contributed by atoms with Gasteiger partial charge in [-0.05, 0) is 42.2 Å². The Morgan fingerprint density at radius 1 is 1.10 bits per heavy atom. The van der Waals surface area contributed by atoms with Crippen molar-refractivity contribution in [2.45, 2.75) is 31.2 Å². The molecule has 1 aromatic heterocycles. The number of hydrogen-bond acceptors (Lipinski definition) is 5. The smallest absolute Gasteiger partial charge is 0.275 e. The first kappa shape index (κ1) is 21.0. The lowest BCUT2D eigenvalue weighted by Gasteiger charge is -2.09. The highest BCUT2D eigenvalue weighted by molar-refractivity contribution is 7.90. The summed E-state index contributed by atoms with van der Waals surface area (Å²) in [6.45, 7) is 3.86. The zero-order valence-electron chi connectivity index (χ0n) is 16.0. The molecule has 0 aliphatic rings. The van der Waals surface area contributed by atoms with E-state index in [0.29, 0.717) is 11.3 Å². The van der Waals surface area contributed by atoms with E-state index in [-0.39, 0.29) is 16.5 Å². The number of nitrogens with one attached hydrogen (secondary N) is 1. The van der Waals surface area contributed by atoms with Gasteiger partial charge in [-0.3, -0.25) is 4.79 Å². The number of carbonyl (C=O) groups is 1. The highest BCUT2D eigenvalue weighted by atomic mass is 35.5. The number of nitrogens with zero attached hydrogens (tertiary/aromatic N) is 2. The number of sulfone groups is 1. The molecule has 0 aliphatic carbocycles. The Kier molecular flexibility index (Phi) is 6.30.